The number of benzene rings is 1. The van der Waals surface area contributed by atoms with Crippen molar-refractivity contribution in [2.45, 2.75) is 33.2 Å². The van der Waals surface area contributed by atoms with Crippen molar-refractivity contribution < 1.29 is 9.90 Å². The third-order valence-electron chi connectivity index (χ3n) is 2.66. The van der Waals surface area contributed by atoms with Gasteiger partial charge in [-0.15, -0.1) is 0 Å². The van der Waals surface area contributed by atoms with Crippen LogP contribution in [-0.2, 0) is 11.3 Å². The molecule has 0 aliphatic carbocycles. The molecule has 1 aromatic rings. The second kappa shape index (κ2) is 5.66. The lowest BCUT2D eigenvalue weighted by molar-refractivity contribution is -0.123. The Morgan fingerprint density at radius 3 is 2.69 bits per heavy atom. The van der Waals surface area contributed by atoms with E-state index in [2.05, 4.69) is 37.4 Å². The standard InChI is InChI=1S/C13H19NO2/c1-9(2)11-5-4-10(3)12(6-11)7-14-13(16)8-15/h4-6,9,15H,7-8H2,1-3H3,(H,14,16). The van der Waals surface area contributed by atoms with Gasteiger partial charge >= 0.3 is 0 Å². The van der Waals surface area contributed by atoms with Gasteiger partial charge in [-0.2, -0.15) is 0 Å². The molecule has 0 atom stereocenters. The molecule has 0 saturated heterocycles. The van der Waals surface area contributed by atoms with Crippen LogP contribution in [0.5, 0.6) is 0 Å². The van der Waals surface area contributed by atoms with Crippen molar-refractivity contribution in [2.24, 2.45) is 0 Å². The van der Waals surface area contributed by atoms with Crippen LogP contribution in [0.2, 0.25) is 0 Å². The first-order valence-corrected chi connectivity index (χ1v) is 5.51. The smallest absolute Gasteiger partial charge is 0.245 e. The molecule has 3 heteroatoms. The van der Waals surface area contributed by atoms with Gasteiger partial charge in [-0.3, -0.25) is 4.79 Å². The van der Waals surface area contributed by atoms with E-state index in [1.807, 2.05) is 6.92 Å². The maximum absolute atomic E-state index is 11.0. The largest absolute Gasteiger partial charge is 0.387 e. The van der Waals surface area contributed by atoms with Crippen LogP contribution in [0.1, 0.15) is 36.5 Å². The zero-order valence-corrected chi connectivity index (χ0v) is 10.1. The van der Waals surface area contributed by atoms with Crippen molar-refractivity contribution in [3.63, 3.8) is 0 Å². The minimum absolute atomic E-state index is 0.339. The summed E-state index contributed by atoms with van der Waals surface area (Å²) in [6, 6.07) is 6.28. The predicted molar refractivity (Wildman–Crippen MR) is 64.2 cm³/mol. The molecule has 1 amide bonds. The molecule has 1 rings (SSSR count). The molecule has 3 nitrogen and oxygen atoms in total. The molecule has 0 aliphatic rings. The summed E-state index contributed by atoms with van der Waals surface area (Å²) >= 11 is 0. The monoisotopic (exact) mass is 221 g/mol. The van der Waals surface area contributed by atoms with Gasteiger partial charge in [0.15, 0.2) is 0 Å². The number of rotatable bonds is 4. The van der Waals surface area contributed by atoms with E-state index in [0.29, 0.717) is 12.5 Å². The Morgan fingerprint density at radius 2 is 2.12 bits per heavy atom. The van der Waals surface area contributed by atoms with E-state index in [1.54, 1.807) is 0 Å². The third-order valence-corrected chi connectivity index (χ3v) is 2.66. The number of hydrogen-bond acceptors (Lipinski definition) is 2. The van der Waals surface area contributed by atoms with E-state index in [4.69, 9.17) is 5.11 Å². The van der Waals surface area contributed by atoms with Crippen molar-refractivity contribution in [1.29, 1.82) is 0 Å². The number of carbonyl (C=O) groups excluding carboxylic acids is 1. The highest BCUT2D eigenvalue weighted by molar-refractivity contribution is 5.76. The number of aliphatic hydroxyl groups is 1. The van der Waals surface area contributed by atoms with Gasteiger partial charge < -0.3 is 10.4 Å². The second-order valence-corrected chi connectivity index (χ2v) is 4.28. The molecule has 0 aliphatic heterocycles. The van der Waals surface area contributed by atoms with Gasteiger partial charge in [0.1, 0.15) is 6.61 Å². The minimum Gasteiger partial charge on any atom is -0.387 e. The number of aliphatic hydroxyl groups excluding tert-OH is 1. The summed E-state index contributed by atoms with van der Waals surface area (Å²) in [5.41, 5.74) is 3.52. The van der Waals surface area contributed by atoms with E-state index < -0.39 is 6.61 Å². The molecule has 0 radical (unpaired) electrons. The molecule has 1 aromatic carbocycles. The average Bonchev–Trinajstić information content (AvgIpc) is 2.27. The fourth-order valence-electron chi connectivity index (χ4n) is 1.49. The van der Waals surface area contributed by atoms with Gasteiger partial charge in [0.05, 0.1) is 0 Å². The highest BCUT2D eigenvalue weighted by atomic mass is 16.3. The molecule has 2 N–H and O–H groups in total. The molecule has 0 bridgehead atoms. The fourth-order valence-corrected chi connectivity index (χ4v) is 1.49. The van der Waals surface area contributed by atoms with Crippen LogP contribution < -0.4 is 5.32 Å². The molecule has 0 unspecified atom stereocenters. The third kappa shape index (κ3) is 3.35. The van der Waals surface area contributed by atoms with E-state index in [9.17, 15) is 4.79 Å². The van der Waals surface area contributed by atoms with E-state index in [0.717, 1.165) is 11.1 Å². The summed E-state index contributed by atoms with van der Waals surface area (Å²) in [6.45, 7) is 6.32. The number of aryl methyl sites for hydroxylation is 1. The molecular formula is C13H19NO2. The maximum atomic E-state index is 11.0. The Balaban J connectivity index is 2.78. The van der Waals surface area contributed by atoms with Crippen LogP contribution in [0, 0.1) is 6.92 Å². The quantitative estimate of drug-likeness (QED) is 0.813. The summed E-state index contributed by atoms with van der Waals surface area (Å²) in [5.74, 6) is 0.141. The lowest BCUT2D eigenvalue weighted by Gasteiger charge is -2.11. The number of nitrogens with one attached hydrogen (secondary N) is 1. The van der Waals surface area contributed by atoms with E-state index in [1.165, 1.54) is 5.56 Å². The molecule has 16 heavy (non-hydrogen) atoms. The lowest BCUT2D eigenvalue weighted by Crippen LogP contribution is -2.25. The Labute approximate surface area is 96.5 Å². The van der Waals surface area contributed by atoms with Crippen molar-refractivity contribution >= 4 is 5.91 Å². The number of hydrogen-bond donors (Lipinski definition) is 2. The Morgan fingerprint density at radius 1 is 1.44 bits per heavy atom. The van der Waals surface area contributed by atoms with Gasteiger partial charge in [0.25, 0.3) is 0 Å². The van der Waals surface area contributed by atoms with Crippen LogP contribution in [0.4, 0.5) is 0 Å². The molecule has 0 heterocycles. The summed E-state index contributed by atoms with van der Waals surface area (Å²) in [7, 11) is 0. The van der Waals surface area contributed by atoms with Gasteiger partial charge in [-0.05, 0) is 29.5 Å². The Bertz CT molecular complexity index is 372. The topological polar surface area (TPSA) is 49.3 Å². The van der Waals surface area contributed by atoms with Gasteiger partial charge in [0, 0.05) is 6.54 Å². The van der Waals surface area contributed by atoms with Gasteiger partial charge in [-0.1, -0.05) is 32.0 Å². The highest BCUT2D eigenvalue weighted by Gasteiger charge is 2.05. The van der Waals surface area contributed by atoms with E-state index in [-0.39, 0.29) is 5.91 Å². The Hall–Kier alpha value is -1.35. The average molecular weight is 221 g/mol. The summed E-state index contributed by atoms with van der Waals surface area (Å²) in [4.78, 5) is 11.0. The van der Waals surface area contributed by atoms with Crippen molar-refractivity contribution in [3.8, 4) is 0 Å². The zero-order chi connectivity index (χ0) is 12.1. The van der Waals surface area contributed by atoms with Crippen LogP contribution in [0.3, 0.4) is 0 Å². The molecule has 88 valence electrons. The van der Waals surface area contributed by atoms with Crippen molar-refractivity contribution in [1.82, 2.24) is 5.32 Å². The number of amides is 1. The summed E-state index contributed by atoms with van der Waals surface area (Å²) in [6.07, 6.45) is 0. The molecule has 0 spiro atoms. The SMILES string of the molecule is Cc1ccc(C(C)C)cc1CNC(=O)CO. The second-order valence-electron chi connectivity index (χ2n) is 4.28. The molecule has 0 saturated carbocycles. The fraction of sp³-hybridized carbons (Fsp3) is 0.462. The minimum atomic E-state index is -0.455. The molecule has 0 aromatic heterocycles. The van der Waals surface area contributed by atoms with Gasteiger partial charge in [-0.25, -0.2) is 0 Å². The number of carbonyl (C=O) groups is 1. The van der Waals surface area contributed by atoms with Crippen molar-refractivity contribution in [3.05, 3.63) is 34.9 Å². The van der Waals surface area contributed by atoms with Gasteiger partial charge in [0.2, 0.25) is 5.91 Å². The maximum Gasteiger partial charge on any atom is 0.245 e. The van der Waals surface area contributed by atoms with Crippen LogP contribution >= 0.6 is 0 Å². The first-order chi connectivity index (χ1) is 7.54. The molecule has 0 fully saturated rings. The van der Waals surface area contributed by atoms with Crippen LogP contribution in [0.15, 0.2) is 18.2 Å². The van der Waals surface area contributed by atoms with Crippen LogP contribution in [0.25, 0.3) is 0 Å². The first-order valence-electron chi connectivity index (χ1n) is 5.51. The highest BCUT2D eigenvalue weighted by Crippen LogP contribution is 2.18. The lowest BCUT2D eigenvalue weighted by atomic mass is 9.98. The predicted octanol–water partition coefficient (Wildman–Crippen LogP) is 1.73. The first kappa shape index (κ1) is 12.7. The van der Waals surface area contributed by atoms with Crippen LogP contribution in [-0.4, -0.2) is 17.6 Å². The van der Waals surface area contributed by atoms with Crippen molar-refractivity contribution in [2.75, 3.05) is 6.61 Å². The Kier molecular flexibility index (Phi) is 4.50. The van der Waals surface area contributed by atoms with E-state index >= 15 is 0 Å². The zero-order valence-electron chi connectivity index (χ0n) is 10.1. The summed E-state index contributed by atoms with van der Waals surface area (Å²) in [5, 5.41) is 11.3. The molecular weight excluding hydrogens is 202 g/mol. The normalized spacial score (nSPS) is 10.6. The summed E-state index contributed by atoms with van der Waals surface area (Å²) < 4.78 is 0.